The van der Waals surface area contributed by atoms with E-state index in [1.165, 1.54) is 16.4 Å². The number of hydrogen-bond acceptors (Lipinski definition) is 3. The predicted molar refractivity (Wildman–Crippen MR) is 77.8 cm³/mol. The van der Waals surface area contributed by atoms with Crippen LogP contribution in [0.15, 0.2) is 18.2 Å². The van der Waals surface area contributed by atoms with Crippen molar-refractivity contribution in [1.29, 1.82) is 0 Å². The van der Waals surface area contributed by atoms with Gasteiger partial charge in [0.05, 0.1) is 5.69 Å². The van der Waals surface area contributed by atoms with E-state index in [1.54, 1.807) is 13.8 Å². The van der Waals surface area contributed by atoms with Crippen molar-refractivity contribution in [3.05, 3.63) is 29.6 Å². The number of thiocarbonyl (C=S) groups is 1. The summed E-state index contributed by atoms with van der Waals surface area (Å²) in [5.41, 5.74) is 5.58. The summed E-state index contributed by atoms with van der Waals surface area (Å²) < 4.78 is 41.0. The molecule has 19 heavy (non-hydrogen) atoms. The molecule has 0 radical (unpaired) electrons. The van der Waals surface area contributed by atoms with Gasteiger partial charge in [0.25, 0.3) is 0 Å². The Balaban J connectivity index is 3.04. The zero-order valence-corrected chi connectivity index (χ0v) is 12.3. The van der Waals surface area contributed by atoms with Gasteiger partial charge in [-0.05, 0) is 18.2 Å². The smallest absolute Gasteiger partial charge is 0.301 e. The number of rotatable bonds is 6. The van der Waals surface area contributed by atoms with E-state index < -0.39 is 16.0 Å². The van der Waals surface area contributed by atoms with E-state index in [0.29, 0.717) is 18.7 Å². The van der Waals surface area contributed by atoms with E-state index in [4.69, 9.17) is 18.0 Å². The minimum absolute atomic E-state index is 0.0528. The summed E-state index contributed by atoms with van der Waals surface area (Å²) in [7, 11) is -3.75. The highest BCUT2D eigenvalue weighted by atomic mass is 32.2. The van der Waals surface area contributed by atoms with Crippen LogP contribution >= 0.6 is 12.2 Å². The lowest BCUT2D eigenvalue weighted by molar-refractivity contribution is 0.449. The molecule has 0 saturated carbocycles. The van der Waals surface area contributed by atoms with Crippen LogP contribution in [0.4, 0.5) is 10.1 Å². The first kappa shape index (κ1) is 15.8. The van der Waals surface area contributed by atoms with E-state index in [2.05, 4.69) is 4.72 Å². The molecule has 1 rings (SSSR count). The molecule has 0 aliphatic heterocycles. The van der Waals surface area contributed by atoms with Crippen LogP contribution in [-0.2, 0) is 10.2 Å². The normalized spacial score (nSPS) is 11.6. The Kier molecular flexibility index (Phi) is 5.21. The van der Waals surface area contributed by atoms with E-state index in [0.717, 1.165) is 6.07 Å². The first-order chi connectivity index (χ1) is 8.81. The monoisotopic (exact) mass is 305 g/mol. The van der Waals surface area contributed by atoms with Crippen LogP contribution in [0, 0.1) is 5.82 Å². The summed E-state index contributed by atoms with van der Waals surface area (Å²) in [6, 6.07) is 3.86. The molecule has 8 heteroatoms. The van der Waals surface area contributed by atoms with Gasteiger partial charge in [-0.25, -0.2) is 4.39 Å². The maximum atomic E-state index is 13.8. The topological polar surface area (TPSA) is 75.4 Å². The Morgan fingerprint density at radius 3 is 2.42 bits per heavy atom. The van der Waals surface area contributed by atoms with Crippen molar-refractivity contribution in [3.63, 3.8) is 0 Å². The number of nitrogens with zero attached hydrogens (tertiary/aromatic N) is 1. The van der Waals surface area contributed by atoms with Gasteiger partial charge < -0.3 is 5.73 Å². The Morgan fingerprint density at radius 1 is 1.42 bits per heavy atom. The van der Waals surface area contributed by atoms with Gasteiger partial charge in [0.2, 0.25) is 0 Å². The fraction of sp³-hybridized carbons (Fsp3) is 0.364. The average Bonchev–Trinajstić information content (AvgIpc) is 2.32. The third kappa shape index (κ3) is 3.85. The van der Waals surface area contributed by atoms with Crippen LogP contribution in [0.5, 0.6) is 0 Å². The summed E-state index contributed by atoms with van der Waals surface area (Å²) in [4.78, 5) is 0.0528. The molecule has 0 spiro atoms. The zero-order valence-electron chi connectivity index (χ0n) is 10.7. The van der Waals surface area contributed by atoms with Gasteiger partial charge in [-0.2, -0.15) is 12.7 Å². The van der Waals surface area contributed by atoms with Crippen molar-refractivity contribution in [2.24, 2.45) is 5.73 Å². The highest BCUT2D eigenvalue weighted by molar-refractivity contribution is 7.90. The average molecular weight is 305 g/mol. The number of halogens is 1. The first-order valence-corrected chi connectivity index (χ1v) is 7.53. The molecule has 0 unspecified atom stereocenters. The van der Waals surface area contributed by atoms with Gasteiger partial charge in [0, 0.05) is 18.7 Å². The first-order valence-electron chi connectivity index (χ1n) is 5.69. The number of nitrogens with two attached hydrogens (primary N) is 1. The van der Waals surface area contributed by atoms with E-state index in [-0.39, 0.29) is 10.7 Å². The second-order valence-corrected chi connectivity index (χ2v) is 5.86. The maximum absolute atomic E-state index is 13.8. The summed E-state index contributed by atoms with van der Waals surface area (Å²) in [5, 5.41) is 0. The molecule has 3 N–H and O–H groups in total. The summed E-state index contributed by atoms with van der Waals surface area (Å²) in [5.74, 6) is -0.721. The van der Waals surface area contributed by atoms with Crippen molar-refractivity contribution in [2.45, 2.75) is 13.8 Å². The third-order valence-corrected chi connectivity index (χ3v) is 4.45. The van der Waals surface area contributed by atoms with Crippen LogP contribution in [0.1, 0.15) is 19.4 Å². The van der Waals surface area contributed by atoms with Crippen molar-refractivity contribution in [3.8, 4) is 0 Å². The second kappa shape index (κ2) is 6.27. The SMILES string of the molecule is CCN(CC)S(=O)(=O)Nc1ccc(C(N)=S)cc1F. The molecule has 1 aromatic carbocycles. The molecule has 106 valence electrons. The van der Waals surface area contributed by atoms with Crippen LogP contribution in [-0.4, -0.2) is 30.8 Å². The van der Waals surface area contributed by atoms with Crippen LogP contribution in [0.25, 0.3) is 0 Å². The van der Waals surface area contributed by atoms with Crippen molar-refractivity contribution >= 4 is 33.1 Å². The summed E-state index contributed by atoms with van der Waals surface area (Å²) in [6.45, 7) is 4.01. The second-order valence-electron chi connectivity index (χ2n) is 3.75. The van der Waals surface area contributed by atoms with Crippen LogP contribution in [0.3, 0.4) is 0 Å². The number of hydrogen-bond donors (Lipinski definition) is 2. The highest BCUT2D eigenvalue weighted by Crippen LogP contribution is 2.18. The summed E-state index contributed by atoms with van der Waals surface area (Å²) in [6.07, 6.45) is 0. The van der Waals surface area contributed by atoms with Crippen molar-refractivity contribution in [1.82, 2.24) is 4.31 Å². The largest absolute Gasteiger partial charge is 0.389 e. The molecule has 5 nitrogen and oxygen atoms in total. The van der Waals surface area contributed by atoms with Crippen molar-refractivity contribution in [2.75, 3.05) is 17.8 Å². The van der Waals surface area contributed by atoms with Gasteiger partial charge in [-0.3, -0.25) is 4.72 Å². The Bertz CT molecular complexity index is 571. The lowest BCUT2D eigenvalue weighted by Crippen LogP contribution is -2.35. The zero-order chi connectivity index (χ0) is 14.6. The van der Waals surface area contributed by atoms with E-state index >= 15 is 0 Å². The Morgan fingerprint density at radius 2 is 2.00 bits per heavy atom. The molecule has 0 aliphatic carbocycles. The molecule has 0 fully saturated rings. The molecule has 0 aromatic heterocycles. The minimum Gasteiger partial charge on any atom is -0.389 e. The van der Waals surface area contributed by atoms with Gasteiger partial charge in [-0.15, -0.1) is 0 Å². The fourth-order valence-electron chi connectivity index (χ4n) is 1.52. The van der Waals surface area contributed by atoms with E-state index in [9.17, 15) is 12.8 Å². The third-order valence-electron chi connectivity index (χ3n) is 2.54. The Hall–Kier alpha value is -1.25. The van der Waals surface area contributed by atoms with Crippen molar-refractivity contribution < 1.29 is 12.8 Å². The lowest BCUT2D eigenvalue weighted by atomic mass is 10.2. The van der Waals surface area contributed by atoms with Gasteiger partial charge in [0.15, 0.2) is 0 Å². The van der Waals surface area contributed by atoms with Gasteiger partial charge in [0.1, 0.15) is 10.8 Å². The van der Waals surface area contributed by atoms with Gasteiger partial charge in [-0.1, -0.05) is 26.1 Å². The lowest BCUT2D eigenvalue weighted by Gasteiger charge is -2.19. The van der Waals surface area contributed by atoms with Crippen LogP contribution < -0.4 is 10.5 Å². The number of anilines is 1. The minimum atomic E-state index is -3.75. The molecular weight excluding hydrogens is 289 g/mol. The molecule has 0 saturated heterocycles. The molecule has 1 aromatic rings. The molecule has 0 bridgehead atoms. The molecule has 0 aliphatic rings. The standard InChI is InChI=1S/C11H16FN3O2S2/c1-3-15(4-2)19(16,17)14-10-6-5-8(11(13)18)7-9(10)12/h5-7,14H,3-4H2,1-2H3,(H2,13,18). The summed E-state index contributed by atoms with van der Waals surface area (Å²) >= 11 is 4.72. The molecule has 0 amide bonds. The predicted octanol–water partition coefficient (Wildman–Crippen LogP) is 1.46. The number of nitrogens with one attached hydrogen (secondary N) is 1. The van der Waals surface area contributed by atoms with E-state index in [1.807, 2.05) is 0 Å². The molecular formula is C11H16FN3O2S2. The Labute approximate surface area is 117 Å². The van der Waals surface area contributed by atoms with Crippen LogP contribution in [0.2, 0.25) is 0 Å². The molecule has 0 atom stereocenters. The maximum Gasteiger partial charge on any atom is 0.301 e. The fourth-order valence-corrected chi connectivity index (χ4v) is 2.90. The number of benzene rings is 1. The van der Waals surface area contributed by atoms with Gasteiger partial charge >= 0.3 is 10.2 Å². The quantitative estimate of drug-likeness (QED) is 0.780. The molecule has 0 heterocycles. The highest BCUT2D eigenvalue weighted by Gasteiger charge is 2.20.